The van der Waals surface area contributed by atoms with Crippen molar-refractivity contribution in [2.75, 3.05) is 18.4 Å². The lowest BCUT2D eigenvalue weighted by Gasteiger charge is -2.32. The highest BCUT2D eigenvalue weighted by atomic mass is 127. The summed E-state index contributed by atoms with van der Waals surface area (Å²) in [7, 11) is 0. The van der Waals surface area contributed by atoms with E-state index in [1.807, 2.05) is 41.2 Å². The highest BCUT2D eigenvalue weighted by Gasteiger charge is 2.31. The van der Waals surface area contributed by atoms with Gasteiger partial charge in [0.25, 0.3) is 0 Å². The van der Waals surface area contributed by atoms with Gasteiger partial charge in [-0.2, -0.15) is 5.10 Å². The SMILES string of the molecule is I.c1ccc(-n2ncc3c(NC4CCN(C5CC5)CC4)ncnc32)cc1. The maximum Gasteiger partial charge on any atom is 0.168 e. The summed E-state index contributed by atoms with van der Waals surface area (Å²) in [5, 5.41) is 9.15. The average molecular weight is 462 g/mol. The third-order valence-corrected chi connectivity index (χ3v) is 5.30. The predicted octanol–water partition coefficient (Wildman–Crippen LogP) is 3.47. The fourth-order valence-corrected chi connectivity index (χ4v) is 3.76. The molecule has 0 atom stereocenters. The van der Waals surface area contributed by atoms with Crippen molar-refractivity contribution < 1.29 is 0 Å². The molecule has 5 rings (SSSR count). The van der Waals surface area contributed by atoms with Crippen molar-refractivity contribution in [3.8, 4) is 5.69 Å². The molecule has 0 bridgehead atoms. The number of aromatic nitrogens is 4. The Hall–Kier alpha value is -1.74. The molecule has 3 heterocycles. The van der Waals surface area contributed by atoms with E-state index in [0.717, 1.165) is 28.6 Å². The number of fused-ring (bicyclic) bond motifs is 1. The zero-order chi connectivity index (χ0) is 16.6. The Morgan fingerprint density at radius 3 is 2.46 bits per heavy atom. The fraction of sp³-hybridized carbons (Fsp3) is 0.421. The van der Waals surface area contributed by atoms with Crippen molar-refractivity contribution in [1.82, 2.24) is 24.6 Å². The summed E-state index contributed by atoms with van der Waals surface area (Å²) in [4.78, 5) is 11.6. The van der Waals surface area contributed by atoms with Gasteiger partial charge in [-0.15, -0.1) is 24.0 Å². The van der Waals surface area contributed by atoms with Gasteiger partial charge >= 0.3 is 0 Å². The number of hydrogen-bond donors (Lipinski definition) is 1. The van der Waals surface area contributed by atoms with Crippen LogP contribution in [0, 0.1) is 0 Å². The summed E-state index contributed by atoms with van der Waals surface area (Å²) in [6.07, 6.45) is 8.63. The number of nitrogens with one attached hydrogen (secondary N) is 1. The molecule has 1 aliphatic carbocycles. The van der Waals surface area contributed by atoms with Crippen LogP contribution in [0.4, 0.5) is 5.82 Å². The van der Waals surface area contributed by atoms with Crippen LogP contribution in [0.5, 0.6) is 0 Å². The number of hydrogen-bond acceptors (Lipinski definition) is 5. The number of likely N-dealkylation sites (tertiary alicyclic amines) is 1. The molecule has 3 aromatic rings. The van der Waals surface area contributed by atoms with Crippen LogP contribution in [0.15, 0.2) is 42.9 Å². The summed E-state index contributed by atoms with van der Waals surface area (Å²) in [6, 6.07) is 11.5. The third kappa shape index (κ3) is 3.42. The van der Waals surface area contributed by atoms with Gasteiger partial charge in [-0.1, -0.05) is 18.2 Å². The van der Waals surface area contributed by atoms with Gasteiger partial charge in [-0.05, 0) is 37.8 Å². The Morgan fingerprint density at radius 2 is 1.73 bits per heavy atom. The molecule has 2 aliphatic rings. The normalized spacial score (nSPS) is 18.6. The second-order valence-corrected chi connectivity index (χ2v) is 7.04. The molecule has 1 saturated heterocycles. The van der Waals surface area contributed by atoms with Gasteiger partial charge < -0.3 is 10.2 Å². The number of piperidine rings is 1. The lowest BCUT2D eigenvalue weighted by molar-refractivity contribution is 0.210. The quantitative estimate of drug-likeness (QED) is 0.602. The van der Waals surface area contributed by atoms with Crippen molar-refractivity contribution in [1.29, 1.82) is 0 Å². The van der Waals surface area contributed by atoms with Crippen LogP contribution < -0.4 is 5.32 Å². The minimum absolute atomic E-state index is 0. The van der Waals surface area contributed by atoms with E-state index in [1.165, 1.54) is 38.8 Å². The zero-order valence-electron chi connectivity index (χ0n) is 14.6. The van der Waals surface area contributed by atoms with Crippen LogP contribution in [-0.2, 0) is 0 Å². The molecule has 0 spiro atoms. The monoisotopic (exact) mass is 462 g/mol. The number of benzene rings is 1. The van der Waals surface area contributed by atoms with E-state index in [0.29, 0.717) is 6.04 Å². The molecule has 26 heavy (non-hydrogen) atoms. The van der Waals surface area contributed by atoms with Crippen molar-refractivity contribution in [2.24, 2.45) is 0 Å². The molecular formula is C19H23IN6. The van der Waals surface area contributed by atoms with Crippen LogP contribution in [0.1, 0.15) is 25.7 Å². The first-order valence-corrected chi connectivity index (χ1v) is 9.13. The van der Waals surface area contributed by atoms with E-state index in [4.69, 9.17) is 0 Å². The molecule has 1 aromatic carbocycles. The molecule has 2 aromatic heterocycles. The van der Waals surface area contributed by atoms with Crippen LogP contribution in [0.2, 0.25) is 0 Å². The minimum Gasteiger partial charge on any atom is -0.367 e. The predicted molar refractivity (Wildman–Crippen MR) is 113 cm³/mol. The van der Waals surface area contributed by atoms with Gasteiger partial charge in [0.15, 0.2) is 5.65 Å². The van der Waals surface area contributed by atoms with Crippen LogP contribution >= 0.6 is 24.0 Å². The molecule has 1 aliphatic heterocycles. The Bertz CT molecular complexity index is 868. The van der Waals surface area contributed by atoms with Crippen molar-refractivity contribution in [3.63, 3.8) is 0 Å². The first kappa shape index (κ1) is 17.7. The van der Waals surface area contributed by atoms with Crippen molar-refractivity contribution in [2.45, 2.75) is 37.8 Å². The van der Waals surface area contributed by atoms with E-state index in [9.17, 15) is 0 Å². The van der Waals surface area contributed by atoms with E-state index in [-0.39, 0.29) is 24.0 Å². The van der Waals surface area contributed by atoms with Gasteiger partial charge in [0.05, 0.1) is 17.3 Å². The molecule has 6 nitrogen and oxygen atoms in total. The van der Waals surface area contributed by atoms with Gasteiger partial charge in [0.1, 0.15) is 12.1 Å². The lowest BCUT2D eigenvalue weighted by Crippen LogP contribution is -2.40. The summed E-state index contributed by atoms with van der Waals surface area (Å²) in [5.41, 5.74) is 1.86. The van der Waals surface area contributed by atoms with E-state index in [2.05, 4.69) is 25.3 Å². The van der Waals surface area contributed by atoms with Gasteiger partial charge in [-0.3, -0.25) is 0 Å². The molecule has 1 N–H and O–H groups in total. The first-order chi connectivity index (χ1) is 12.4. The van der Waals surface area contributed by atoms with E-state index >= 15 is 0 Å². The molecule has 0 amide bonds. The fourth-order valence-electron chi connectivity index (χ4n) is 3.76. The maximum absolute atomic E-state index is 4.53. The smallest absolute Gasteiger partial charge is 0.168 e. The summed E-state index contributed by atoms with van der Waals surface area (Å²) in [6.45, 7) is 2.39. The van der Waals surface area contributed by atoms with Gasteiger partial charge in [0.2, 0.25) is 0 Å². The molecule has 0 unspecified atom stereocenters. The summed E-state index contributed by atoms with van der Waals surface area (Å²) < 4.78 is 1.87. The average Bonchev–Trinajstić information content (AvgIpc) is 3.42. The third-order valence-electron chi connectivity index (χ3n) is 5.30. The summed E-state index contributed by atoms with van der Waals surface area (Å²) >= 11 is 0. The number of nitrogens with zero attached hydrogens (tertiary/aromatic N) is 5. The molecular weight excluding hydrogens is 439 g/mol. The molecule has 7 heteroatoms. The minimum atomic E-state index is 0. The van der Waals surface area contributed by atoms with Crippen molar-refractivity contribution >= 4 is 40.8 Å². The van der Waals surface area contributed by atoms with Crippen LogP contribution in [0.3, 0.4) is 0 Å². The second-order valence-electron chi connectivity index (χ2n) is 7.04. The summed E-state index contributed by atoms with van der Waals surface area (Å²) in [5.74, 6) is 0.900. The Labute approximate surface area is 170 Å². The van der Waals surface area contributed by atoms with Crippen LogP contribution in [-0.4, -0.2) is 49.8 Å². The topological polar surface area (TPSA) is 58.9 Å². The van der Waals surface area contributed by atoms with E-state index in [1.54, 1.807) is 6.33 Å². The molecule has 2 fully saturated rings. The van der Waals surface area contributed by atoms with Crippen molar-refractivity contribution in [3.05, 3.63) is 42.9 Å². The molecule has 136 valence electrons. The highest BCUT2D eigenvalue weighted by Crippen LogP contribution is 2.30. The Kier molecular flexibility index (Phi) is 5.08. The largest absolute Gasteiger partial charge is 0.367 e. The second kappa shape index (κ2) is 7.48. The number of para-hydroxylation sites is 1. The Balaban J connectivity index is 0.00000168. The number of anilines is 1. The maximum atomic E-state index is 4.53. The number of halogens is 1. The molecule has 0 radical (unpaired) electrons. The highest BCUT2D eigenvalue weighted by molar-refractivity contribution is 14.0. The number of rotatable bonds is 4. The molecule has 1 saturated carbocycles. The van der Waals surface area contributed by atoms with E-state index < -0.39 is 0 Å². The standard InChI is InChI=1S/C19H22N6.HI/c1-2-4-16(5-3-1)25-19-17(12-22-25)18(20-13-21-19)23-14-8-10-24(11-9-14)15-6-7-15;/h1-5,12-15H,6-11H2,(H,20,21,23);1H. The zero-order valence-corrected chi connectivity index (χ0v) is 16.9. The Morgan fingerprint density at radius 1 is 0.962 bits per heavy atom. The lowest BCUT2D eigenvalue weighted by atomic mass is 10.0. The van der Waals surface area contributed by atoms with Crippen LogP contribution in [0.25, 0.3) is 16.7 Å². The van der Waals surface area contributed by atoms with Gasteiger partial charge in [-0.25, -0.2) is 14.6 Å². The first-order valence-electron chi connectivity index (χ1n) is 9.13. The van der Waals surface area contributed by atoms with Gasteiger partial charge in [0, 0.05) is 25.2 Å².